The van der Waals surface area contributed by atoms with Crippen molar-refractivity contribution in [1.29, 1.82) is 0 Å². The molecule has 2 heterocycles. The number of rotatable bonds is 8. The Morgan fingerprint density at radius 3 is 2.67 bits per heavy atom. The second-order valence-electron chi connectivity index (χ2n) is 12.7. The summed E-state index contributed by atoms with van der Waals surface area (Å²) in [6.07, 6.45) is 2.41. The molecule has 1 saturated carbocycles. The molecule has 1 saturated heterocycles. The zero-order chi connectivity index (χ0) is 29.8. The molecule has 2 aliphatic carbocycles. The van der Waals surface area contributed by atoms with Gasteiger partial charge in [-0.15, -0.1) is 0 Å². The first-order valence-corrected chi connectivity index (χ1v) is 14.9. The molecular formula is C32H41ClN4O6. The number of halogens is 1. The molecule has 0 radical (unpaired) electrons. The van der Waals surface area contributed by atoms with Crippen LogP contribution in [0.25, 0.3) is 0 Å². The molecule has 6 atom stereocenters. The average molecular weight is 613 g/mol. The highest BCUT2D eigenvalue weighted by Crippen LogP contribution is 2.64. The number of carbonyl (C=O) groups excluding carboxylic acids is 3. The Balaban J connectivity index is 0.00000368. The number of ketones is 1. The van der Waals surface area contributed by atoms with E-state index in [-0.39, 0.29) is 29.5 Å². The molecule has 2 fully saturated rings. The van der Waals surface area contributed by atoms with Crippen LogP contribution < -0.4 is 37.7 Å². The molecule has 2 aromatic rings. The molecule has 2 amide bonds. The molecule has 232 valence electrons. The number of nitrogens with two attached hydrogens (primary N) is 1. The minimum Gasteiger partial charge on any atom is -1.00 e. The molecule has 1 unspecified atom stereocenters. The van der Waals surface area contributed by atoms with Crippen molar-refractivity contribution in [3.05, 3.63) is 53.1 Å². The number of carbonyl (C=O) groups is 3. The second kappa shape index (κ2) is 11.6. The maximum atomic E-state index is 13.2. The van der Waals surface area contributed by atoms with Crippen LogP contribution in [0.5, 0.6) is 17.2 Å². The lowest BCUT2D eigenvalue weighted by Crippen LogP contribution is -3.00. The van der Waals surface area contributed by atoms with Crippen LogP contribution in [-0.4, -0.2) is 86.2 Å². The van der Waals surface area contributed by atoms with Gasteiger partial charge in [0.25, 0.3) is 0 Å². The number of nitrogens with one attached hydrogen (secondary N) is 1. The van der Waals surface area contributed by atoms with E-state index >= 15 is 0 Å². The summed E-state index contributed by atoms with van der Waals surface area (Å²) in [5.74, 6) is 2.32. The predicted octanol–water partition coefficient (Wildman–Crippen LogP) is -0.454. The molecule has 3 N–H and O–H groups in total. The molecule has 0 aromatic heterocycles. The van der Waals surface area contributed by atoms with E-state index in [4.69, 9.17) is 19.9 Å². The first kappa shape index (κ1) is 31.1. The number of ether oxygens (including phenoxy) is 3. The van der Waals surface area contributed by atoms with Crippen molar-refractivity contribution < 1.29 is 45.5 Å². The zero-order valence-electron chi connectivity index (χ0n) is 25.2. The van der Waals surface area contributed by atoms with Crippen LogP contribution in [0.2, 0.25) is 0 Å². The number of Topliss-reactive ketones (excluding diaryl/α,β-unsaturated/α-hetero) is 1. The maximum absolute atomic E-state index is 13.2. The number of benzene rings is 2. The highest BCUT2D eigenvalue weighted by Gasteiger charge is 2.69. The largest absolute Gasteiger partial charge is 1.00 e. The van der Waals surface area contributed by atoms with Gasteiger partial charge in [0, 0.05) is 56.4 Å². The number of hydrogen-bond acceptors (Lipinski definition) is 7. The van der Waals surface area contributed by atoms with Gasteiger partial charge in [-0.1, -0.05) is 6.07 Å². The molecular weight excluding hydrogens is 572 g/mol. The molecule has 11 heteroatoms. The summed E-state index contributed by atoms with van der Waals surface area (Å²) in [5, 5.41) is 2.69. The second-order valence-corrected chi connectivity index (χ2v) is 12.7. The van der Waals surface area contributed by atoms with E-state index in [2.05, 4.69) is 18.4 Å². The molecule has 2 bridgehead atoms. The SMILES string of the molecule is COc1ccc2c3c1O[C@H]1C(=O)CC[C@H]4C(C2)[N@@+](C)(Cc2ccc(OC(=O)N(C)CCNC(=O)[C@H](C)N)cc2)CC[C@]314.[Cl-]. The van der Waals surface area contributed by atoms with Gasteiger partial charge < -0.3 is 47.1 Å². The van der Waals surface area contributed by atoms with Gasteiger partial charge in [-0.2, -0.15) is 0 Å². The van der Waals surface area contributed by atoms with Gasteiger partial charge in [-0.05, 0) is 49.2 Å². The minimum atomic E-state index is -0.595. The topological polar surface area (TPSA) is 120 Å². The number of piperidine rings is 1. The van der Waals surface area contributed by atoms with E-state index in [9.17, 15) is 14.4 Å². The highest BCUT2D eigenvalue weighted by molar-refractivity contribution is 5.89. The van der Waals surface area contributed by atoms with Crippen molar-refractivity contribution in [3.8, 4) is 17.2 Å². The van der Waals surface area contributed by atoms with Gasteiger partial charge >= 0.3 is 6.09 Å². The summed E-state index contributed by atoms with van der Waals surface area (Å²) >= 11 is 0. The lowest BCUT2D eigenvalue weighted by molar-refractivity contribution is -0.957. The van der Waals surface area contributed by atoms with Crippen LogP contribution in [0.15, 0.2) is 36.4 Å². The maximum Gasteiger partial charge on any atom is 0.415 e. The van der Waals surface area contributed by atoms with Gasteiger partial charge in [0.15, 0.2) is 23.4 Å². The van der Waals surface area contributed by atoms with E-state index in [0.717, 1.165) is 48.3 Å². The lowest BCUT2D eigenvalue weighted by atomic mass is 9.51. The van der Waals surface area contributed by atoms with Gasteiger partial charge in [0.2, 0.25) is 5.91 Å². The van der Waals surface area contributed by atoms with Crippen molar-refractivity contribution in [2.75, 3.05) is 40.8 Å². The van der Waals surface area contributed by atoms with Gasteiger partial charge in [-0.3, -0.25) is 9.59 Å². The smallest absolute Gasteiger partial charge is 0.415 e. The summed E-state index contributed by atoms with van der Waals surface area (Å²) in [4.78, 5) is 38.8. The Morgan fingerprint density at radius 1 is 1.23 bits per heavy atom. The minimum absolute atomic E-state index is 0. The third kappa shape index (κ3) is 5.13. The summed E-state index contributed by atoms with van der Waals surface area (Å²) in [6.45, 7) is 4.02. The van der Waals surface area contributed by atoms with Crippen molar-refractivity contribution >= 4 is 17.8 Å². The lowest BCUT2D eigenvalue weighted by Gasteiger charge is -2.60. The standard InChI is InChI=1S/C32H40N4O6.ClH/c1-19(33)30(38)34-14-15-35(2)31(39)41-22-8-5-20(6-9-22)18-36(3)16-13-32-23-10-11-25(37)29(32)42-28-26(40-4)12-7-21(27(28)32)17-24(23)36;/h5-9,12,19,23-24,29H,10-11,13-18,33H2,1-4H3;1H/t19-,23-,24?,29-,32-,36+;/m0./s1. The number of hydrogen-bond donors (Lipinski definition) is 2. The quantitative estimate of drug-likeness (QED) is 0.388. The fraction of sp³-hybridized carbons (Fsp3) is 0.531. The van der Waals surface area contributed by atoms with Crippen LogP contribution in [-0.2, 0) is 28.0 Å². The summed E-state index contributed by atoms with van der Waals surface area (Å²) in [7, 11) is 5.64. The first-order valence-electron chi connectivity index (χ1n) is 14.9. The van der Waals surface area contributed by atoms with Crippen LogP contribution in [0.3, 0.4) is 0 Å². The van der Waals surface area contributed by atoms with Crippen LogP contribution in [0.4, 0.5) is 4.79 Å². The number of quaternary nitrogens is 1. The van der Waals surface area contributed by atoms with E-state index in [1.165, 1.54) is 21.6 Å². The van der Waals surface area contributed by atoms with Crippen LogP contribution >= 0.6 is 0 Å². The van der Waals surface area contributed by atoms with E-state index < -0.39 is 18.2 Å². The molecule has 43 heavy (non-hydrogen) atoms. The van der Waals surface area contributed by atoms with Crippen LogP contribution in [0.1, 0.15) is 42.9 Å². The first-order chi connectivity index (χ1) is 20.1. The molecule has 1 spiro atoms. The molecule has 6 rings (SSSR count). The number of methoxy groups -OCH3 is 1. The summed E-state index contributed by atoms with van der Waals surface area (Å²) in [5.41, 5.74) is 8.99. The average Bonchev–Trinajstić information content (AvgIpc) is 3.33. The van der Waals surface area contributed by atoms with Crippen LogP contribution in [0, 0.1) is 5.92 Å². The molecule has 10 nitrogen and oxygen atoms in total. The Kier molecular flexibility index (Phi) is 8.41. The Bertz CT molecular complexity index is 1420. The normalized spacial score (nSPS) is 28.5. The Labute approximate surface area is 258 Å². The van der Waals surface area contributed by atoms with Crippen molar-refractivity contribution in [3.63, 3.8) is 0 Å². The predicted molar refractivity (Wildman–Crippen MR) is 155 cm³/mol. The van der Waals surface area contributed by atoms with Gasteiger partial charge in [0.1, 0.15) is 12.3 Å². The molecule has 2 aliphatic heterocycles. The monoisotopic (exact) mass is 612 g/mol. The van der Waals surface area contributed by atoms with Crippen molar-refractivity contribution in [1.82, 2.24) is 10.2 Å². The fourth-order valence-corrected chi connectivity index (χ4v) is 8.00. The third-order valence-electron chi connectivity index (χ3n) is 10.1. The molecule has 4 aliphatic rings. The van der Waals surface area contributed by atoms with Crippen molar-refractivity contribution in [2.24, 2.45) is 11.7 Å². The summed E-state index contributed by atoms with van der Waals surface area (Å²) < 4.78 is 18.6. The van der Waals surface area contributed by atoms with E-state index in [1.807, 2.05) is 30.3 Å². The van der Waals surface area contributed by atoms with Gasteiger partial charge in [-0.25, -0.2) is 4.79 Å². The highest BCUT2D eigenvalue weighted by atomic mass is 35.5. The number of likely N-dealkylation sites (N-methyl/N-ethyl adjacent to an activating group) is 2. The number of nitrogens with zero attached hydrogens (tertiary/aromatic N) is 2. The number of amides is 2. The Morgan fingerprint density at radius 2 is 1.98 bits per heavy atom. The number of likely N-dealkylation sites (tertiary alicyclic amines) is 1. The zero-order valence-corrected chi connectivity index (χ0v) is 26.0. The van der Waals surface area contributed by atoms with E-state index in [1.54, 1.807) is 21.1 Å². The third-order valence-corrected chi connectivity index (χ3v) is 10.1. The van der Waals surface area contributed by atoms with Gasteiger partial charge in [0.05, 0.1) is 38.2 Å². The van der Waals surface area contributed by atoms with E-state index in [0.29, 0.717) is 37.2 Å². The van der Waals surface area contributed by atoms with Crippen molar-refractivity contribution in [2.45, 2.75) is 62.8 Å². The Hall–Kier alpha value is -3.34. The summed E-state index contributed by atoms with van der Waals surface area (Å²) in [6, 6.07) is 11.7. The molecule has 2 aromatic carbocycles. The fourth-order valence-electron chi connectivity index (χ4n) is 8.00.